The van der Waals surface area contributed by atoms with Crippen LogP contribution in [0.3, 0.4) is 0 Å². The summed E-state index contributed by atoms with van der Waals surface area (Å²) in [5.74, 6) is -3.27. The van der Waals surface area contributed by atoms with Gasteiger partial charge in [-0.1, -0.05) is 62.4 Å². The minimum absolute atomic E-state index is 0.404. The van der Waals surface area contributed by atoms with E-state index in [2.05, 4.69) is 0 Å². The third kappa shape index (κ3) is 2.33. The largest absolute Gasteiger partial charge is 0.450 e. The van der Waals surface area contributed by atoms with Crippen molar-refractivity contribution in [3.05, 3.63) is 70.8 Å². The van der Waals surface area contributed by atoms with Crippen molar-refractivity contribution in [1.82, 2.24) is 0 Å². The lowest BCUT2D eigenvalue weighted by molar-refractivity contribution is -0.172. The second kappa shape index (κ2) is 5.54. The van der Waals surface area contributed by atoms with Gasteiger partial charge in [0.05, 0.1) is 6.42 Å². The maximum absolute atomic E-state index is 12.9. The highest BCUT2D eigenvalue weighted by Crippen LogP contribution is 2.61. The van der Waals surface area contributed by atoms with Gasteiger partial charge in [0.2, 0.25) is 5.78 Å². The highest BCUT2D eigenvalue weighted by molar-refractivity contribution is 6.03. The van der Waals surface area contributed by atoms with Gasteiger partial charge in [-0.15, -0.1) is 0 Å². The van der Waals surface area contributed by atoms with Gasteiger partial charge in [-0.05, 0) is 28.7 Å². The molecule has 0 fully saturated rings. The van der Waals surface area contributed by atoms with Crippen LogP contribution in [0.2, 0.25) is 0 Å². The molecule has 3 aliphatic rings. The van der Waals surface area contributed by atoms with Crippen LogP contribution < -0.4 is 0 Å². The summed E-state index contributed by atoms with van der Waals surface area (Å²) >= 11 is 0. The molecule has 0 radical (unpaired) electrons. The normalized spacial score (nSPS) is 28.4. The Bertz CT molecular complexity index is 911. The number of Topliss-reactive ketones (excluding diaryl/α,β-unsaturated/α-hetero) is 2. The number of hydrogen-bond acceptors (Lipinski definition) is 2. The van der Waals surface area contributed by atoms with Crippen LogP contribution in [0.1, 0.15) is 48.9 Å². The second-order valence-electron chi connectivity index (χ2n) is 7.95. The molecule has 27 heavy (non-hydrogen) atoms. The fourth-order valence-electron chi connectivity index (χ4n) is 5.15. The van der Waals surface area contributed by atoms with Crippen molar-refractivity contribution in [1.29, 1.82) is 0 Å². The van der Waals surface area contributed by atoms with Gasteiger partial charge >= 0.3 is 6.18 Å². The van der Waals surface area contributed by atoms with E-state index in [9.17, 15) is 22.8 Å². The molecule has 0 saturated carbocycles. The third-order valence-electron chi connectivity index (χ3n) is 6.51. The van der Waals surface area contributed by atoms with Crippen LogP contribution in [0.5, 0.6) is 0 Å². The van der Waals surface area contributed by atoms with E-state index >= 15 is 0 Å². The molecule has 2 aromatic carbocycles. The van der Waals surface area contributed by atoms with Gasteiger partial charge in [-0.2, -0.15) is 13.2 Å². The second-order valence-corrected chi connectivity index (χ2v) is 7.95. The van der Waals surface area contributed by atoms with Crippen molar-refractivity contribution < 1.29 is 22.8 Å². The molecule has 5 heteroatoms. The first kappa shape index (κ1) is 18.0. The molecule has 140 valence electrons. The molecule has 0 aliphatic heterocycles. The molecule has 0 aromatic heterocycles. The van der Waals surface area contributed by atoms with Crippen molar-refractivity contribution in [3.8, 4) is 0 Å². The zero-order valence-corrected chi connectivity index (χ0v) is 15.1. The van der Waals surface area contributed by atoms with Crippen LogP contribution in [-0.2, 0) is 20.4 Å². The van der Waals surface area contributed by atoms with Crippen LogP contribution in [0.15, 0.2) is 48.5 Å². The molecular weight excluding hydrogens is 353 g/mol. The standard InChI is InChI=1S/C22H19F3O2/c1-20-12-17(18(26)11-19(27)22(23,24)25)21(2,15-9-5-3-7-13(15)20)16-10-6-4-8-14(16)20/h3-10,17H,11-12H2,1-2H3. The van der Waals surface area contributed by atoms with Gasteiger partial charge in [-0.3, -0.25) is 9.59 Å². The van der Waals surface area contributed by atoms with Gasteiger partial charge in [0.1, 0.15) is 5.78 Å². The first-order valence-corrected chi connectivity index (χ1v) is 8.93. The molecule has 2 nitrogen and oxygen atoms in total. The highest BCUT2D eigenvalue weighted by atomic mass is 19.4. The minimum atomic E-state index is -4.98. The lowest BCUT2D eigenvalue weighted by atomic mass is 9.45. The van der Waals surface area contributed by atoms with Gasteiger partial charge in [0, 0.05) is 16.7 Å². The molecule has 1 unspecified atom stereocenters. The summed E-state index contributed by atoms with van der Waals surface area (Å²) in [6.45, 7) is 3.96. The van der Waals surface area contributed by atoms with E-state index in [-0.39, 0.29) is 0 Å². The third-order valence-corrected chi connectivity index (χ3v) is 6.51. The number of carbonyl (C=O) groups is 2. The van der Waals surface area contributed by atoms with Crippen molar-refractivity contribution in [2.24, 2.45) is 5.92 Å². The van der Waals surface area contributed by atoms with Gasteiger partial charge in [0.15, 0.2) is 0 Å². The quantitative estimate of drug-likeness (QED) is 0.731. The average Bonchev–Trinajstić information content (AvgIpc) is 2.63. The Balaban J connectivity index is 1.87. The minimum Gasteiger partial charge on any atom is -0.299 e. The number of ketones is 2. The van der Waals surface area contributed by atoms with Crippen molar-refractivity contribution in [2.75, 3.05) is 0 Å². The van der Waals surface area contributed by atoms with E-state index in [0.717, 1.165) is 22.3 Å². The maximum Gasteiger partial charge on any atom is 0.450 e. The lowest BCUT2D eigenvalue weighted by Gasteiger charge is -2.57. The van der Waals surface area contributed by atoms with Crippen LogP contribution in [-0.4, -0.2) is 17.7 Å². The average molecular weight is 372 g/mol. The van der Waals surface area contributed by atoms with Crippen molar-refractivity contribution in [2.45, 2.75) is 43.7 Å². The number of alkyl halides is 3. The molecule has 0 saturated heterocycles. The molecular formula is C22H19F3O2. The number of rotatable bonds is 3. The molecule has 3 aliphatic carbocycles. The van der Waals surface area contributed by atoms with E-state index in [0.29, 0.717) is 6.42 Å². The summed E-state index contributed by atoms with van der Waals surface area (Å²) in [6, 6.07) is 15.6. The van der Waals surface area contributed by atoms with E-state index in [1.165, 1.54) is 0 Å². The van der Waals surface area contributed by atoms with Crippen molar-refractivity contribution >= 4 is 11.6 Å². The van der Waals surface area contributed by atoms with E-state index in [1.54, 1.807) is 0 Å². The number of fused-ring (bicyclic) bond motifs is 1. The monoisotopic (exact) mass is 372 g/mol. The summed E-state index contributed by atoms with van der Waals surface area (Å²) < 4.78 is 38.1. The Morgan fingerprint density at radius 1 is 0.926 bits per heavy atom. The molecule has 2 aromatic rings. The summed E-state index contributed by atoms with van der Waals surface area (Å²) in [5, 5.41) is 0. The Morgan fingerprint density at radius 2 is 1.37 bits per heavy atom. The summed E-state index contributed by atoms with van der Waals surface area (Å²) in [4.78, 5) is 24.3. The molecule has 1 atom stereocenters. The molecule has 0 heterocycles. The molecule has 0 spiro atoms. The summed E-state index contributed by atoms with van der Waals surface area (Å²) in [5.41, 5.74) is 2.95. The Hall–Kier alpha value is -2.43. The van der Waals surface area contributed by atoms with E-state index in [1.807, 2.05) is 62.4 Å². The first-order chi connectivity index (χ1) is 12.6. The van der Waals surface area contributed by atoms with Crippen LogP contribution in [0, 0.1) is 5.92 Å². The predicted molar refractivity (Wildman–Crippen MR) is 94.6 cm³/mol. The fraction of sp³-hybridized carbons (Fsp3) is 0.364. The highest BCUT2D eigenvalue weighted by Gasteiger charge is 2.58. The topological polar surface area (TPSA) is 34.1 Å². The maximum atomic E-state index is 12.9. The summed E-state index contributed by atoms with van der Waals surface area (Å²) in [6.07, 6.45) is -5.67. The Kier molecular flexibility index (Phi) is 3.68. The number of carbonyl (C=O) groups excluding carboxylic acids is 2. The molecule has 2 bridgehead atoms. The van der Waals surface area contributed by atoms with E-state index < -0.39 is 40.9 Å². The molecule has 0 N–H and O–H groups in total. The fourth-order valence-corrected chi connectivity index (χ4v) is 5.15. The van der Waals surface area contributed by atoms with Crippen LogP contribution in [0.4, 0.5) is 13.2 Å². The first-order valence-electron chi connectivity index (χ1n) is 8.93. The lowest BCUT2D eigenvalue weighted by Crippen LogP contribution is -2.54. The van der Waals surface area contributed by atoms with Crippen LogP contribution in [0.25, 0.3) is 0 Å². The number of hydrogen-bond donors (Lipinski definition) is 0. The zero-order valence-electron chi connectivity index (χ0n) is 15.1. The van der Waals surface area contributed by atoms with Crippen LogP contribution >= 0.6 is 0 Å². The van der Waals surface area contributed by atoms with E-state index in [4.69, 9.17) is 0 Å². The Labute approximate surface area is 155 Å². The predicted octanol–water partition coefficient (Wildman–Crippen LogP) is 4.72. The van der Waals surface area contributed by atoms with Gasteiger partial charge in [-0.25, -0.2) is 0 Å². The smallest absolute Gasteiger partial charge is 0.299 e. The van der Waals surface area contributed by atoms with Gasteiger partial charge < -0.3 is 0 Å². The molecule has 0 amide bonds. The van der Waals surface area contributed by atoms with Crippen molar-refractivity contribution in [3.63, 3.8) is 0 Å². The van der Waals surface area contributed by atoms with Gasteiger partial charge in [0.25, 0.3) is 0 Å². The Morgan fingerprint density at radius 3 is 1.81 bits per heavy atom. The zero-order chi connectivity index (χ0) is 19.6. The number of halogens is 3. The SMILES string of the molecule is CC12CC(C(=O)CC(=O)C(F)(F)F)C(C)(c3ccccc31)c1ccccc12. The molecule has 5 rings (SSSR count). The summed E-state index contributed by atoms with van der Waals surface area (Å²) in [7, 11) is 0. The number of benzene rings is 2.